The fraction of sp³-hybridized carbons (Fsp3) is 0.188. The summed E-state index contributed by atoms with van der Waals surface area (Å²) in [6, 6.07) is 7.34. The van der Waals surface area contributed by atoms with E-state index in [1.54, 1.807) is 0 Å². The Balaban J connectivity index is 2.13. The molecule has 0 aliphatic heterocycles. The second-order valence-corrected chi connectivity index (χ2v) is 8.52. The molecule has 2 rings (SSSR count). The minimum atomic E-state index is -4.69. The van der Waals surface area contributed by atoms with Gasteiger partial charge in [0.15, 0.2) is 0 Å². The van der Waals surface area contributed by atoms with E-state index in [9.17, 15) is 26.4 Å². The van der Waals surface area contributed by atoms with Gasteiger partial charge in [0, 0.05) is 10.2 Å². The topological polar surface area (TPSA) is 75.3 Å². The molecule has 11 heteroatoms. The van der Waals surface area contributed by atoms with E-state index in [1.807, 2.05) is 0 Å². The summed E-state index contributed by atoms with van der Waals surface area (Å²) in [6.07, 6.45) is -4.69. The van der Waals surface area contributed by atoms with Crippen LogP contribution in [0.25, 0.3) is 0 Å². The molecule has 5 nitrogen and oxygen atoms in total. The quantitative estimate of drug-likeness (QED) is 0.658. The van der Waals surface area contributed by atoms with Crippen molar-refractivity contribution in [3.8, 4) is 0 Å². The summed E-state index contributed by atoms with van der Waals surface area (Å²) in [5.74, 6) is -0.828. The Morgan fingerprint density at radius 3 is 2.30 bits per heavy atom. The lowest BCUT2D eigenvalue weighted by molar-refractivity contribution is -0.137. The lowest BCUT2D eigenvalue weighted by Gasteiger charge is -2.16. The third kappa shape index (κ3) is 5.68. The zero-order chi connectivity index (χ0) is 20.4. The van der Waals surface area contributed by atoms with Crippen LogP contribution in [-0.2, 0) is 21.0 Å². The Hall–Kier alpha value is -1.62. The molecule has 2 N–H and O–H groups in total. The van der Waals surface area contributed by atoms with Crippen molar-refractivity contribution >= 4 is 49.1 Å². The molecular formula is C16H13BrClF3N2O3S. The van der Waals surface area contributed by atoms with Crippen LogP contribution >= 0.6 is 27.5 Å². The van der Waals surface area contributed by atoms with E-state index in [2.05, 4.69) is 26.0 Å². The summed E-state index contributed by atoms with van der Waals surface area (Å²) >= 11 is 8.70. The van der Waals surface area contributed by atoms with Gasteiger partial charge < -0.3 is 5.32 Å². The molecule has 0 spiro atoms. The van der Waals surface area contributed by atoms with Crippen molar-refractivity contribution in [3.05, 3.63) is 57.5 Å². The van der Waals surface area contributed by atoms with E-state index in [-0.39, 0.29) is 10.6 Å². The first-order chi connectivity index (χ1) is 12.4. The molecule has 27 heavy (non-hydrogen) atoms. The number of sulfonamides is 1. The van der Waals surface area contributed by atoms with Crippen LogP contribution in [0.1, 0.15) is 12.5 Å². The van der Waals surface area contributed by atoms with Gasteiger partial charge in [0.05, 0.1) is 21.5 Å². The molecule has 0 saturated heterocycles. The second kappa shape index (κ2) is 8.17. The highest BCUT2D eigenvalue weighted by atomic mass is 79.9. The first kappa shape index (κ1) is 21.7. The molecule has 0 radical (unpaired) electrons. The molecule has 1 amide bonds. The lowest BCUT2D eigenvalue weighted by atomic mass is 10.2. The molecule has 0 aliphatic carbocycles. The maximum absolute atomic E-state index is 12.9. The van der Waals surface area contributed by atoms with Crippen LogP contribution in [0, 0.1) is 0 Å². The van der Waals surface area contributed by atoms with Gasteiger partial charge in [-0.25, -0.2) is 8.42 Å². The Morgan fingerprint density at radius 2 is 1.74 bits per heavy atom. The van der Waals surface area contributed by atoms with Crippen LogP contribution in [0.3, 0.4) is 0 Å². The fourth-order valence-corrected chi connectivity index (χ4v) is 3.73. The Morgan fingerprint density at radius 1 is 1.15 bits per heavy atom. The third-order valence-electron chi connectivity index (χ3n) is 3.39. The van der Waals surface area contributed by atoms with Crippen LogP contribution in [0.5, 0.6) is 0 Å². The molecule has 146 valence electrons. The van der Waals surface area contributed by atoms with E-state index >= 15 is 0 Å². The van der Waals surface area contributed by atoms with Crippen LogP contribution in [0.2, 0.25) is 5.02 Å². The molecule has 1 atom stereocenters. The van der Waals surface area contributed by atoms with E-state index in [0.29, 0.717) is 10.5 Å². The van der Waals surface area contributed by atoms with Crippen LogP contribution < -0.4 is 10.0 Å². The number of amides is 1. The Kier molecular flexibility index (Phi) is 6.56. The number of nitrogens with one attached hydrogen (secondary N) is 2. The third-order valence-corrected chi connectivity index (χ3v) is 5.80. The standard InChI is InChI=1S/C16H13BrClF3N2O3S/c1-9(23-27(25,26)12-5-2-10(17)3-6-12)15(24)22-11-4-7-14(18)13(8-11)16(19,20)21/h2-9,23H,1H3,(H,22,24)/t9-/m1/s1. The van der Waals surface area contributed by atoms with E-state index in [1.165, 1.54) is 37.3 Å². The van der Waals surface area contributed by atoms with Crippen molar-refractivity contribution in [1.82, 2.24) is 4.72 Å². The number of anilines is 1. The molecule has 2 aromatic carbocycles. The van der Waals surface area contributed by atoms with Crippen molar-refractivity contribution in [2.45, 2.75) is 24.0 Å². The van der Waals surface area contributed by atoms with Gasteiger partial charge in [-0.3, -0.25) is 4.79 Å². The molecule has 0 fully saturated rings. The summed E-state index contributed by atoms with van der Waals surface area (Å²) in [5.41, 5.74) is -1.27. The molecule has 0 aliphatic rings. The highest BCUT2D eigenvalue weighted by molar-refractivity contribution is 9.10. The van der Waals surface area contributed by atoms with Gasteiger partial charge in [0.1, 0.15) is 0 Å². The lowest BCUT2D eigenvalue weighted by Crippen LogP contribution is -2.41. The highest BCUT2D eigenvalue weighted by Crippen LogP contribution is 2.36. The van der Waals surface area contributed by atoms with E-state index in [0.717, 1.165) is 6.07 Å². The summed E-state index contributed by atoms with van der Waals surface area (Å²) in [7, 11) is -3.98. The predicted octanol–water partition coefficient (Wildman–Crippen LogP) is 4.43. The molecule has 2 aromatic rings. The van der Waals surface area contributed by atoms with Crippen molar-refractivity contribution in [2.24, 2.45) is 0 Å². The van der Waals surface area contributed by atoms with Crippen molar-refractivity contribution in [3.63, 3.8) is 0 Å². The summed E-state index contributed by atoms with van der Waals surface area (Å²) in [5, 5.41) is 1.72. The smallest absolute Gasteiger partial charge is 0.325 e. The Bertz CT molecular complexity index is 950. The van der Waals surface area contributed by atoms with Gasteiger partial charge >= 0.3 is 6.18 Å². The highest BCUT2D eigenvalue weighted by Gasteiger charge is 2.33. The summed E-state index contributed by atoms with van der Waals surface area (Å²) < 4.78 is 66.0. The average Bonchev–Trinajstić information content (AvgIpc) is 2.55. The molecule has 0 bridgehead atoms. The number of carbonyl (C=O) groups is 1. The van der Waals surface area contributed by atoms with Gasteiger partial charge in [0.2, 0.25) is 15.9 Å². The van der Waals surface area contributed by atoms with Gasteiger partial charge in [-0.05, 0) is 49.4 Å². The number of benzene rings is 2. The molecular weight excluding hydrogens is 473 g/mol. The number of halogens is 5. The zero-order valence-electron chi connectivity index (χ0n) is 13.6. The normalized spacial score (nSPS) is 13.3. The minimum Gasteiger partial charge on any atom is -0.325 e. The number of alkyl halides is 3. The number of hydrogen-bond acceptors (Lipinski definition) is 3. The fourth-order valence-electron chi connectivity index (χ4n) is 2.04. The summed E-state index contributed by atoms with van der Waals surface area (Å²) in [4.78, 5) is 12.1. The van der Waals surface area contributed by atoms with Crippen molar-refractivity contribution in [1.29, 1.82) is 0 Å². The maximum atomic E-state index is 12.9. The molecule has 0 unspecified atom stereocenters. The van der Waals surface area contributed by atoms with E-state index in [4.69, 9.17) is 11.6 Å². The minimum absolute atomic E-state index is 0.0591. The number of hydrogen-bond donors (Lipinski definition) is 2. The first-order valence-electron chi connectivity index (χ1n) is 7.35. The van der Waals surface area contributed by atoms with E-state index < -0.39 is 38.7 Å². The predicted molar refractivity (Wildman–Crippen MR) is 99.0 cm³/mol. The molecule has 0 aromatic heterocycles. The summed E-state index contributed by atoms with van der Waals surface area (Å²) in [6.45, 7) is 1.27. The second-order valence-electron chi connectivity index (χ2n) is 5.48. The monoisotopic (exact) mass is 484 g/mol. The Labute approximate surface area is 167 Å². The molecule has 0 saturated carbocycles. The zero-order valence-corrected chi connectivity index (χ0v) is 16.8. The van der Waals surface area contributed by atoms with Gasteiger partial charge in [-0.1, -0.05) is 27.5 Å². The number of rotatable bonds is 5. The van der Waals surface area contributed by atoms with Crippen molar-refractivity contribution < 1.29 is 26.4 Å². The molecule has 0 heterocycles. The van der Waals surface area contributed by atoms with Crippen LogP contribution in [0.15, 0.2) is 51.8 Å². The van der Waals surface area contributed by atoms with Crippen LogP contribution in [0.4, 0.5) is 18.9 Å². The van der Waals surface area contributed by atoms with Crippen LogP contribution in [-0.4, -0.2) is 20.4 Å². The SMILES string of the molecule is C[C@@H](NS(=O)(=O)c1ccc(Br)cc1)C(=O)Nc1ccc(Cl)c(C(F)(F)F)c1. The van der Waals surface area contributed by atoms with Gasteiger partial charge in [-0.15, -0.1) is 0 Å². The average molecular weight is 486 g/mol. The van der Waals surface area contributed by atoms with Crippen molar-refractivity contribution in [2.75, 3.05) is 5.32 Å². The van der Waals surface area contributed by atoms with Gasteiger partial charge in [0.25, 0.3) is 0 Å². The maximum Gasteiger partial charge on any atom is 0.417 e. The largest absolute Gasteiger partial charge is 0.417 e. The first-order valence-corrected chi connectivity index (χ1v) is 10.0. The number of carbonyl (C=O) groups excluding carboxylic acids is 1. The van der Waals surface area contributed by atoms with Gasteiger partial charge in [-0.2, -0.15) is 17.9 Å².